The summed E-state index contributed by atoms with van der Waals surface area (Å²) in [6.07, 6.45) is 8.58. The van der Waals surface area contributed by atoms with Crippen LogP contribution in [0.2, 0.25) is 0 Å². The van der Waals surface area contributed by atoms with Crippen LogP contribution in [0.3, 0.4) is 0 Å². The molecule has 2 heteroatoms. The highest BCUT2D eigenvalue weighted by Gasteiger charge is 2.35. The van der Waals surface area contributed by atoms with Gasteiger partial charge in [-0.05, 0) is 57.0 Å². The van der Waals surface area contributed by atoms with Crippen LogP contribution >= 0.6 is 15.9 Å². The third-order valence-electron chi connectivity index (χ3n) is 3.64. The van der Waals surface area contributed by atoms with Crippen molar-refractivity contribution in [1.82, 2.24) is 5.32 Å². The average Bonchev–Trinajstić information content (AvgIpc) is 2.13. The topological polar surface area (TPSA) is 12.0 Å². The van der Waals surface area contributed by atoms with Gasteiger partial charge in [0.05, 0.1) is 0 Å². The Bertz CT molecular complexity index is 142. The Balaban J connectivity index is 1.92. The van der Waals surface area contributed by atoms with Gasteiger partial charge in [0.1, 0.15) is 0 Å². The predicted molar refractivity (Wildman–Crippen MR) is 55.7 cm³/mol. The summed E-state index contributed by atoms with van der Waals surface area (Å²) in [7, 11) is 0. The largest absolute Gasteiger partial charge is 0.317 e. The van der Waals surface area contributed by atoms with Gasteiger partial charge in [0.2, 0.25) is 0 Å². The Morgan fingerprint density at radius 3 is 2.17 bits per heavy atom. The number of rotatable bonds is 0. The second-order valence-corrected chi connectivity index (χ2v) is 5.72. The van der Waals surface area contributed by atoms with E-state index in [4.69, 9.17) is 0 Å². The molecule has 1 heterocycles. The summed E-state index contributed by atoms with van der Waals surface area (Å²) in [5.41, 5.74) is 0.746. The van der Waals surface area contributed by atoms with Gasteiger partial charge in [-0.1, -0.05) is 15.9 Å². The van der Waals surface area contributed by atoms with E-state index in [-0.39, 0.29) is 0 Å². The van der Waals surface area contributed by atoms with Crippen LogP contribution in [0.5, 0.6) is 0 Å². The van der Waals surface area contributed by atoms with Crippen molar-refractivity contribution < 1.29 is 0 Å². The maximum absolute atomic E-state index is 3.72. The van der Waals surface area contributed by atoms with Crippen molar-refractivity contribution in [3.63, 3.8) is 0 Å². The SMILES string of the molecule is BrC1CCC2(CCNCC2)CC1. The molecule has 0 amide bonds. The lowest BCUT2D eigenvalue weighted by Crippen LogP contribution is -2.39. The first-order valence-corrected chi connectivity index (χ1v) is 6.07. The number of piperidine rings is 1. The Morgan fingerprint density at radius 1 is 1.00 bits per heavy atom. The van der Waals surface area contributed by atoms with Crippen LogP contribution in [0.15, 0.2) is 0 Å². The first-order valence-electron chi connectivity index (χ1n) is 5.16. The lowest BCUT2D eigenvalue weighted by atomic mass is 9.68. The van der Waals surface area contributed by atoms with Crippen molar-refractivity contribution in [3.05, 3.63) is 0 Å². The quantitative estimate of drug-likeness (QED) is 0.633. The van der Waals surface area contributed by atoms with E-state index >= 15 is 0 Å². The Hall–Kier alpha value is 0.440. The second-order valence-electron chi connectivity index (χ2n) is 4.42. The Labute approximate surface area is 83.4 Å². The summed E-state index contributed by atoms with van der Waals surface area (Å²) in [5, 5.41) is 3.46. The second kappa shape index (κ2) is 3.67. The van der Waals surface area contributed by atoms with E-state index < -0.39 is 0 Å². The van der Waals surface area contributed by atoms with Crippen LogP contribution in [-0.4, -0.2) is 17.9 Å². The molecular weight excluding hydrogens is 214 g/mol. The number of hydrogen-bond acceptors (Lipinski definition) is 1. The fourth-order valence-electron chi connectivity index (χ4n) is 2.65. The maximum atomic E-state index is 3.72. The molecule has 0 aromatic heterocycles. The molecule has 1 aliphatic heterocycles. The van der Waals surface area contributed by atoms with Gasteiger partial charge in [-0.25, -0.2) is 0 Å². The van der Waals surface area contributed by atoms with Crippen molar-refractivity contribution in [2.24, 2.45) is 5.41 Å². The van der Waals surface area contributed by atoms with Gasteiger partial charge in [-0.15, -0.1) is 0 Å². The molecule has 1 spiro atoms. The van der Waals surface area contributed by atoms with Crippen LogP contribution in [0.4, 0.5) is 0 Å². The molecule has 12 heavy (non-hydrogen) atoms. The lowest BCUT2D eigenvalue weighted by molar-refractivity contribution is 0.137. The number of nitrogens with one attached hydrogen (secondary N) is 1. The standard InChI is InChI=1S/C10H18BrN/c11-9-1-3-10(4-2-9)5-7-12-8-6-10/h9,12H,1-8H2. The van der Waals surface area contributed by atoms with E-state index in [0.29, 0.717) is 0 Å². The summed E-state index contributed by atoms with van der Waals surface area (Å²) in [6, 6.07) is 0. The molecule has 2 aliphatic rings. The number of alkyl halides is 1. The zero-order valence-corrected chi connectivity index (χ0v) is 9.20. The minimum Gasteiger partial charge on any atom is -0.317 e. The molecule has 2 fully saturated rings. The minimum atomic E-state index is 0.746. The van der Waals surface area contributed by atoms with Gasteiger partial charge in [-0.2, -0.15) is 0 Å². The van der Waals surface area contributed by atoms with Crippen molar-refractivity contribution >= 4 is 15.9 Å². The molecule has 2 rings (SSSR count). The molecule has 0 aromatic rings. The molecule has 1 N–H and O–H groups in total. The van der Waals surface area contributed by atoms with E-state index in [1.54, 1.807) is 0 Å². The highest BCUT2D eigenvalue weighted by Crippen LogP contribution is 2.44. The zero-order valence-electron chi connectivity index (χ0n) is 7.61. The maximum Gasteiger partial charge on any atom is 0.0146 e. The molecule has 1 saturated heterocycles. The summed E-state index contributed by atoms with van der Waals surface area (Å²) in [6.45, 7) is 2.51. The van der Waals surface area contributed by atoms with E-state index in [2.05, 4.69) is 21.2 Å². The van der Waals surface area contributed by atoms with Gasteiger partial charge in [-0.3, -0.25) is 0 Å². The van der Waals surface area contributed by atoms with E-state index in [0.717, 1.165) is 10.2 Å². The molecule has 0 unspecified atom stereocenters. The molecule has 1 saturated carbocycles. The fraction of sp³-hybridized carbons (Fsp3) is 1.00. The highest BCUT2D eigenvalue weighted by atomic mass is 79.9. The van der Waals surface area contributed by atoms with E-state index in [9.17, 15) is 0 Å². The van der Waals surface area contributed by atoms with Gasteiger partial charge >= 0.3 is 0 Å². The third kappa shape index (κ3) is 1.85. The van der Waals surface area contributed by atoms with Crippen LogP contribution in [0.1, 0.15) is 38.5 Å². The minimum absolute atomic E-state index is 0.746. The fourth-order valence-corrected chi connectivity index (χ4v) is 3.11. The average molecular weight is 232 g/mol. The summed E-state index contributed by atoms with van der Waals surface area (Å²) >= 11 is 3.72. The molecule has 0 bridgehead atoms. The van der Waals surface area contributed by atoms with Crippen molar-refractivity contribution in [3.8, 4) is 0 Å². The number of hydrogen-bond donors (Lipinski definition) is 1. The van der Waals surface area contributed by atoms with Crippen molar-refractivity contribution in [2.45, 2.75) is 43.4 Å². The van der Waals surface area contributed by atoms with Gasteiger partial charge in [0.25, 0.3) is 0 Å². The molecule has 70 valence electrons. The lowest BCUT2D eigenvalue weighted by Gasteiger charge is -2.42. The third-order valence-corrected chi connectivity index (χ3v) is 4.56. The first kappa shape index (κ1) is 9.01. The van der Waals surface area contributed by atoms with Crippen molar-refractivity contribution in [1.29, 1.82) is 0 Å². The normalized spacial score (nSPS) is 30.8. The monoisotopic (exact) mass is 231 g/mol. The van der Waals surface area contributed by atoms with Gasteiger partial charge < -0.3 is 5.32 Å². The zero-order chi connectivity index (χ0) is 8.44. The predicted octanol–water partition coefficient (Wildman–Crippen LogP) is 2.69. The van der Waals surface area contributed by atoms with Crippen LogP contribution < -0.4 is 5.32 Å². The molecule has 1 aliphatic carbocycles. The smallest absolute Gasteiger partial charge is 0.0146 e. The van der Waals surface area contributed by atoms with E-state index in [1.807, 2.05) is 0 Å². The van der Waals surface area contributed by atoms with Crippen molar-refractivity contribution in [2.75, 3.05) is 13.1 Å². The molecule has 1 nitrogen and oxygen atoms in total. The summed E-state index contributed by atoms with van der Waals surface area (Å²) in [4.78, 5) is 0.818. The Kier molecular flexibility index (Phi) is 2.75. The highest BCUT2D eigenvalue weighted by molar-refractivity contribution is 9.09. The molecule has 0 atom stereocenters. The van der Waals surface area contributed by atoms with Crippen LogP contribution in [-0.2, 0) is 0 Å². The Morgan fingerprint density at radius 2 is 1.58 bits per heavy atom. The summed E-state index contributed by atoms with van der Waals surface area (Å²) < 4.78 is 0. The van der Waals surface area contributed by atoms with E-state index in [1.165, 1.54) is 51.6 Å². The molecule has 0 aromatic carbocycles. The first-order chi connectivity index (χ1) is 5.81. The summed E-state index contributed by atoms with van der Waals surface area (Å²) in [5.74, 6) is 0. The molecular formula is C10H18BrN. The number of halogens is 1. The van der Waals surface area contributed by atoms with Gasteiger partial charge in [0.15, 0.2) is 0 Å². The van der Waals surface area contributed by atoms with Crippen LogP contribution in [0.25, 0.3) is 0 Å². The molecule has 0 radical (unpaired) electrons. The van der Waals surface area contributed by atoms with Crippen LogP contribution in [0, 0.1) is 5.41 Å². The van der Waals surface area contributed by atoms with Gasteiger partial charge in [0, 0.05) is 4.83 Å².